The zero-order chi connectivity index (χ0) is 19.8. The number of amides is 1. The van der Waals surface area contributed by atoms with Crippen molar-refractivity contribution < 1.29 is 9.90 Å². The van der Waals surface area contributed by atoms with Crippen molar-refractivity contribution in [3.8, 4) is 0 Å². The Kier molecular flexibility index (Phi) is 4.73. The normalized spacial score (nSPS) is 18.4. The van der Waals surface area contributed by atoms with Crippen molar-refractivity contribution >= 4 is 16.7 Å². The smallest absolute Gasteiger partial charge is 0.274 e. The molecule has 0 spiro atoms. The molecule has 0 saturated carbocycles. The highest BCUT2D eigenvalue weighted by molar-refractivity contribution is 6.05. The van der Waals surface area contributed by atoms with Gasteiger partial charge in [0.15, 0.2) is 5.69 Å². The highest BCUT2D eigenvalue weighted by atomic mass is 16.3. The molecular formula is C22H23N3O3. The molecule has 0 saturated heterocycles. The lowest BCUT2D eigenvalue weighted by Crippen LogP contribution is -2.36. The molecule has 2 unspecified atom stereocenters. The van der Waals surface area contributed by atoms with E-state index in [1.54, 1.807) is 24.3 Å². The van der Waals surface area contributed by atoms with Crippen LogP contribution < -0.4 is 10.9 Å². The van der Waals surface area contributed by atoms with Crippen LogP contribution in [0.25, 0.3) is 10.8 Å². The summed E-state index contributed by atoms with van der Waals surface area (Å²) in [4.78, 5) is 25.8. The quantitative estimate of drug-likeness (QED) is 0.731. The SMILES string of the molecule is CC(C)Cn1nc(C(=O)NC2c3ccccc3CC2O)c2ccccc2c1=O. The summed E-state index contributed by atoms with van der Waals surface area (Å²) in [5.41, 5.74) is 1.95. The standard InChI is InChI=1S/C22H23N3O3/c1-13(2)12-25-22(28)17-10-6-5-9-16(17)20(24-25)21(27)23-19-15-8-4-3-7-14(15)11-18(19)26/h3-10,13,18-19,26H,11-12H2,1-2H3,(H,23,27). The summed E-state index contributed by atoms with van der Waals surface area (Å²) < 4.78 is 1.36. The Morgan fingerprint density at radius 2 is 1.86 bits per heavy atom. The molecule has 28 heavy (non-hydrogen) atoms. The predicted molar refractivity (Wildman–Crippen MR) is 107 cm³/mol. The number of carbonyl (C=O) groups is 1. The van der Waals surface area contributed by atoms with Gasteiger partial charge in [-0.3, -0.25) is 9.59 Å². The number of hydrogen-bond acceptors (Lipinski definition) is 4. The van der Waals surface area contributed by atoms with Crippen molar-refractivity contribution in [3.05, 3.63) is 75.7 Å². The number of carbonyl (C=O) groups excluding carboxylic acids is 1. The molecule has 1 aliphatic rings. The van der Waals surface area contributed by atoms with Crippen LogP contribution in [0.3, 0.4) is 0 Å². The first-order chi connectivity index (χ1) is 13.5. The van der Waals surface area contributed by atoms with Crippen LogP contribution >= 0.6 is 0 Å². The van der Waals surface area contributed by atoms with Gasteiger partial charge in [-0.2, -0.15) is 5.10 Å². The fourth-order valence-corrected chi connectivity index (χ4v) is 3.83. The molecule has 1 aromatic heterocycles. The van der Waals surface area contributed by atoms with Crippen LogP contribution in [0.5, 0.6) is 0 Å². The van der Waals surface area contributed by atoms with Crippen molar-refractivity contribution in [1.82, 2.24) is 15.1 Å². The maximum absolute atomic E-state index is 13.1. The van der Waals surface area contributed by atoms with Gasteiger partial charge in [-0.15, -0.1) is 0 Å². The van der Waals surface area contributed by atoms with E-state index in [4.69, 9.17) is 0 Å². The summed E-state index contributed by atoms with van der Waals surface area (Å²) in [6.07, 6.45) is -0.184. The fraction of sp³-hybridized carbons (Fsp3) is 0.318. The number of fused-ring (bicyclic) bond motifs is 2. The lowest BCUT2D eigenvalue weighted by atomic mass is 10.1. The van der Waals surface area contributed by atoms with E-state index in [1.807, 2.05) is 38.1 Å². The summed E-state index contributed by atoms with van der Waals surface area (Å²) in [5, 5.41) is 18.7. The molecule has 0 fully saturated rings. The Bertz CT molecular complexity index is 1100. The molecule has 1 aliphatic carbocycles. The molecule has 4 rings (SSSR count). The molecule has 1 heterocycles. The zero-order valence-electron chi connectivity index (χ0n) is 15.9. The van der Waals surface area contributed by atoms with Crippen molar-refractivity contribution in [2.45, 2.75) is 39.0 Å². The average molecular weight is 377 g/mol. The summed E-state index contributed by atoms with van der Waals surface area (Å²) in [6, 6.07) is 14.2. The van der Waals surface area contributed by atoms with E-state index in [0.29, 0.717) is 23.7 Å². The molecule has 0 bridgehead atoms. The molecular weight excluding hydrogens is 354 g/mol. The molecule has 1 amide bonds. The highest BCUT2D eigenvalue weighted by Crippen LogP contribution is 2.31. The number of aromatic nitrogens is 2. The average Bonchev–Trinajstić information content (AvgIpc) is 2.99. The third-order valence-electron chi connectivity index (χ3n) is 5.11. The minimum absolute atomic E-state index is 0.201. The van der Waals surface area contributed by atoms with Crippen LogP contribution in [-0.4, -0.2) is 26.9 Å². The number of benzene rings is 2. The number of aliphatic hydroxyl groups is 1. The Labute approximate surface area is 162 Å². The van der Waals surface area contributed by atoms with E-state index in [9.17, 15) is 14.7 Å². The van der Waals surface area contributed by atoms with E-state index in [2.05, 4.69) is 10.4 Å². The van der Waals surface area contributed by atoms with Crippen LogP contribution in [0.4, 0.5) is 0 Å². The predicted octanol–water partition coefficient (Wildman–Crippen LogP) is 2.44. The van der Waals surface area contributed by atoms with Gasteiger partial charge in [0.2, 0.25) is 0 Å². The van der Waals surface area contributed by atoms with Crippen LogP contribution in [0, 0.1) is 5.92 Å². The first kappa shape index (κ1) is 18.4. The molecule has 2 atom stereocenters. The van der Waals surface area contributed by atoms with Crippen molar-refractivity contribution in [3.63, 3.8) is 0 Å². The second-order valence-electron chi connectivity index (χ2n) is 7.70. The largest absolute Gasteiger partial charge is 0.390 e. The van der Waals surface area contributed by atoms with E-state index in [-0.39, 0.29) is 17.2 Å². The van der Waals surface area contributed by atoms with Crippen molar-refractivity contribution in [2.75, 3.05) is 0 Å². The number of hydrogen-bond donors (Lipinski definition) is 2. The van der Waals surface area contributed by atoms with E-state index >= 15 is 0 Å². The number of nitrogens with one attached hydrogen (secondary N) is 1. The Balaban J connectivity index is 1.75. The summed E-state index contributed by atoms with van der Waals surface area (Å²) in [7, 11) is 0. The van der Waals surface area contributed by atoms with Crippen LogP contribution in [0.15, 0.2) is 53.3 Å². The molecule has 0 aliphatic heterocycles. The van der Waals surface area contributed by atoms with Gasteiger partial charge in [-0.1, -0.05) is 56.3 Å². The second kappa shape index (κ2) is 7.20. The van der Waals surface area contributed by atoms with Crippen LogP contribution in [-0.2, 0) is 13.0 Å². The van der Waals surface area contributed by atoms with Gasteiger partial charge in [0.1, 0.15) is 0 Å². The van der Waals surface area contributed by atoms with Crippen molar-refractivity contribution in [1.29, 1.82) is 0 Å². The molecule has 0 radical (unpaired) electrons. The molecule has 6 heteroatoms. The number of rotatable bonds is 4. The minimum Gasteiger partial charge on any atom is -0.390 e. The molecule has 6 nitrogen and oxygen atoms in total. The number of nitrogens with zero attached hydrogens (tertiary/aromatic N) is 2. The Morgan fingerprint density at radius 3 is 2.61 bits per heavy atom. The van der Waals surface area contributed by atoms with E-state index < -0.39 is 18.1 Å². The first-order valence-electron chi connectivity index (χ1n) is 9.52. The van der Waals surface area contributed by atoms with Gasteiger partial charge in [0.05, 0.1) is 17.5 Å². The lowest BCUT2D eigenvalue weighted by Gasteiger charge is -2.19. The maximum Gasteiger partial charge on any atom is 0.274 e. The molecule has 3 aromatic rings. The Morgan fingerprint density at radius 1 is 1.18 bits per heavy atom. The number of aliphatic hydroxyl groups excluding tert-OH is 1. The minimum atomic E-state index is -0.686. The zero-order valence-corrected chi connectivity index (χ0v) is 15.9. The summed E-state index contributed by atoms with van der Waals surface area (Å²) in [6.45, 7) is 4.42. The second-order valence-corrected chi connectivity index (χ2v) is 7.70. The summed E-state index contributed by atoms with van der Waals surface area (Å²) >= 11 is 0. The van der Waals surface area contributed by atoms with Gasteiger partial charge < -0.3 is 10.4 Å². The topological polar surface area (TPSA) is 84.2 Å². The van der Waals surface area contributed by atoms with Crippen molar-refractivity contribution in [2.24, 2.45) is 5.92 Å². The first-order valence-corrected chi connectivity index (χ1v) is 9.52. The van der Waals surface area contributed by atoms with E-state index in [0.717, 1.165) is 11.1 Å². The molecule has 2 aromatic carbocycles. The van der Waals surface area contributed by atoms with Gasteiger partial charge >= 0.3 is 0 Å². The lowest BCUT2D eigenvalue weighted by molar-refractivity contribution is 0.0852. The highest BCUT2D eigenvalue weighted by Gasteiger charge is 2.33. The summed E-state index contributed by atoms with van der Waals surface area (Å²) in [5.74, 6) is -0.180. The maximum atomic E-state index is 13.1. The Hall–Kier alpha value is -2.99. The van der Waals surface area contributed by atoms with Crippen LogP contribution in [0.1, 0.15) is 41.5 Å². The molecule has 144 valence electrons. The van der Waals surface area contributed by atoms with Gasteiger partial charge in [-0.25, -0.2) is 4.68 Å². The van der Waals surface area contributed by atoms with Gasteiger partial charge in [0.25, 0.3) is 11.5 Å². The third-order valence-corrected chi connectivity index (χ3v) is 5.11. The van der Waals surface area contributed by atoms with Gasteiger partial charge in [0, 0.05) is 18.4 Å². The fourth-order valence-electron chi connectivity index (χ4n) is 3.83. The van der Waals surface area contributed by atoms with E-state index in [1.165, 1.54) is 4.68 Å². The monoisotopic (exact) mass is 377 g/mol. The van der Waals surface area contributed by atoms with Gasteiger partial charge in [-0.05, 0) is 23.1 Å². The third kappa shape index (κ3) is 3.20. The van der Waals surface area contributed by atoms with Crippen LogP contribution in [0.2, 0.25) is 0 Å². The molecule has 2 N–H and O–H groups in total.